The summed E-state index contributed by atoms with van der Waals surface area (Å²) in [4.78, 5) is 4.34. The Labute approximate surface area is 167 Å². The Balaban J connectivity index is 1.59. The molecule has 144 valence electrons. The molecule has 28 heavy (non-hydrogen) atoms. The van der Waals surface area contributed by atoms with Crippen LogP contribution >= 0.6 is 11.6 Å². The SMILES string of the molecule is CCCCc1nc(Cl)nn1Cc1ccc(-n2c(C)ccc2-c2nn[nH]n2)cc1. The molecule has 1 N–H and O–H groups in total. The summed E-state index contributed by atoms with van der Waals surface area (Å²) in [6.07, 6.45) is 3.06. The minimum Gasteiger partial charge on any atom is -0.311 e. The molecular weight excluding hydrogens is 376 g/mol. The highest BCUT2D eigenvalue weighted by molar-refractivity contribution is 6.28. The van der Waals surface area contributed by atoms with E-state index in [2.05, 4.69) is 73.4 Å². The van der Waals surface area contributed by atoms with E-state index in [0.29, 0.717) is 17.7 Å². The summed E-state index contributed by atoms with van der Waals surface area (Å²) in [5, 5.41) is 19.0. The fraction of sp³-hybridized carbons (Fsp3) is 0.316. The fourth-order valence-electron chi connectivity index (χ4n) is 3.24. The van der Waals surface area contributed by atoms with Crippen molar-refractivity contribution in [2.75, 3.05) is 0 Å². The fourth-order valence-corrected chi connectivity index (χ4v) is 3.43. The van der Waals surface area contributed by atoms with Crippen molar-refractivity contribution in [2.24, 2.45) is 0 Å². The highest BCUT2D eigenvalue weighted by Gasteiger charge is 2.13. The lowest BCUT2D eigenvalue weighted by Crippen LogP contribution is -2.07. The number of nitrogens with zero attached hydrogens (tertiary/aromatic N) is 7. The third kappa shape index (κ3) is 3.68. The monoisotopic (exact) mass is 396 g/mol. The first-order valence-electron chi connectivity index (χ1n) is 9.26. The molecule has 1 aromatic carbocycles. The van der Waals surface area contributed by atoms with Crippen LogP contribution in [0.25, 0.3) is 17.2 Å². The molecule has 0 atom stereocenters. The minimum atomic E-state index is 0.301. The van der Waals surface area contributed by atoms with E-state index >= 15 is 0 Å². The lowest BCUT2D eigenvalue weighted by Gasteiger charge is -2.11. The zero-order chi connectivity index (χ0) is 19.5. The van der Waals surface area contributed by atoms with Gasteiger partial charge in [0, 0.05) is 17.8 Å². The summed E-state index contributed by atoms with van der Waals surface area (Å²) in [5.74, 6) is 1.49. The highest BCUT2D eigenvalue weighted by atomic mass is 35.5. The second-order valence-electron chi connectivity index (χ2n) is 6.66. The van der Waals surface area contributed by atoms with Crippen LogP contribution in [0.3, 0.4) is 0 Å². The van der Waals surface area contributed by atoms with Crippen molar-refractivity contribution < 1.29 is 0 Å². The van der Waals surface area contributed by atoms with E-state index in [9.17, 15) is 0 Å². The van der Waals surface area contributed by atoms with Gasteiger partial charge in [-0.3, -0.25) is 0 Å². The molecule has 0 amide bonds. The molecule has 3 heterocycles. The number of rotatable bonds is 7. The summed E-state index contributed by atoms with van der Waals surface area (Å²) in [6.45, 7) is 4.85. The van der Waals surface area contributed by atoms with Gasteiger partial charge < -0.3 is 4.57 Å². The molecular formula is C19H21ClN8. The molecule has 0 saturated heterocycles. The van der Waals surface area contributed by atoms with Gasteiger partial charge in [0.25, 0.3) is 0 Å². The second kappa shape index (κ2) is 7.93. The summed E-state index contributed by atoms with van der Waals surface area (Å²) >= 11 is 6.02. The van der Waals surface area contributed by atoms with Crippen LogP contribution in [0.15, 0.2) is 36.4 Å². The Morgan fingerprint density at radius 2 is 1.93 bits per heavy atom. The largest absolute Gasteiger partial charge is 0.311 e. The van der Waals surface area contributed by atoms with Crippen LogP contribution in [0.1, 0.15) is 36.8 Å². The van der Waals surface area contributed by atoms with Crippen molar-refractivity contribution >= 4 is 11.6 Å². The average Bonchev–Trinajstić information content (AvgIpc) is 3.41. The maximum absolute atomic E-state index is 6.02. The van der Waals surface area contributed by atoms with E-state index in [0.717, 1.165) is 47.7 Å². The van der Waals surface area contributed by atoms with E-state index in [1.807, 2.05) is 16.8 Å². The van der Waals surface area contributed by atoms with E-state index in [-0.39, 0.29) is 0 Å². The average molecular weight is 397 g/mol. The smallest absolute Gasteiger partial charge is 0.242 e. The van der Waals surface area contributed by atoms with Gasteiger partial charge in [0.1, 0.15) is 5.82 Å². The molecule has 0 saturated carbocycles. The van der Waals surface area contributed by atoms with E-state index < -0.39 is 0 Å². The number of unbranched alkanes of at least 4 members (excludes halogenated alkanes) is 1. The van der Waals surface area contributed by atoms with Crippen molar-refractivity contribution in [1.82, 2.24) is 40.0 Å². The number of benzene rings is 1. The van der Waals surface area contributed by atoms with Crippen LogP contribution in [0, 0.1) is 6.92 Å². The van der Waals surface area contributed by atoms with Crippen LogP contribution in [0.5, 0.6) is 0 Å². The number of H-pyrrole nitrogens is 1. The van der Waals surface area contributed by atoms with Gasteiger partial charge in [-0.2, -0.15) is 5.21 Å². The zero-order valence-electron chi connectivity index (χ0n) is 15.8. The van der Waals surface area contributed by atoms with E-state index in [1.165, 1.54) is 0 Å². The maximum Gasteiger partial charge on any atom is 0.242 e. The predicted molar refractivity (Wildman–Crippen MR) is 106 cm³/mol. The molecule has 0 aliphatic carbocycles. The Hall–Kier alpha value is -3.00. The molecule has 4 aromatic rings. The van der Waals surface area contributed by atoms with Gasteiger partial charge in [-0.1, -0.05) is 25.5 Å². The number of hydrogen-bond acceptors (Lipinski definition) is 5. The van der Waals surface area contributed by atoms with Gasteiger partial charge in [0.2, 0.25) is 11.1 Å². The van der Waals surface area contributed by atoms with Gasteiger partial charge in [-0.25, -0.2) is 9.67 Å². The zero-order valence-corrected chi connectivity index (χ0v) is 16.6. The molecule has 0 radical (unpaired) electrons. The molecule has 0 fully saturated rings. The quantitative estimate of drug-likeness (QED) is 0.515. The van der Waals surface area contributed by atoms with Crippen LogP contribution < -0.4 is 0 Å². The number of hydrogen-bond donors (Lipinski definition) is 1. The summed E-state index contributed by atoms with van der Waals surface area (Å²) in [7, 11) is 0. The molecule has 0 aliphatic rings. The number of halogens is 1. The Morgan fingerprint density at radius 1 is 1.11 bits per heavy atom. The maximum atomic E-state index is 6.02. The second-order valence-corrected chi connectivity index (χ2v) is 6.99. The first-order chi connectivity index (χ1) is 13.7. The molecule has 4 rings (SSSR count). The number of tetrazole rings is 1. The number of aromatic nitrogens is 8. The van der Waals surface area contributed by atoms with Gasteiger partial charge in [-0.05, 0) is 60.0 Å². The van der Waals surface area contributed by atoms with Crippen molar-refractivity contribution in [2.45, 2.75) is 39.7 Å². The summed E-state index contributed by atoms with van der Waals surface area (Å²) in [6, 6.07) is 12.4. The Kier molecular flexibility index (Phi) is 5.21. The van der Waals surface area contributed by atoms with Crippen LogP contribution in [0.4, 0.5) is 0 Å². The number of aryl methyl sites for hydroxylation is 2. The van der Waals surface area contributed by atoms with Gasteiger partial charge in [0.15, 0.2) is 0 Å². The molecule has 0 unspecified atom stereocenters. The number of nitrogens with one attached hydrogen (secondary N) is 1. The van der Waals surface area contributed by atoms with Crippen molar-refractivity contribution in [3.8, 4) is 17.2 Å². The Bertz CT molecular complexity index is 1050. The van der Waals surface area contributed by atoms with Crippen molar-refractivity contribution in [3.63, 3.8) is 0 Å². The summed E-state index contributed by atoms with van der Waals surface area (Å²) < 4.78 is 3.99. The molecule has 0 spiro atoms. The van der Waals surface area contributed by atoms with Gasteiger partial charge >= 0.3 is 0 Å². The first-order valence-corrected chi connectivity index (χ1v) is 9.64. The molecule has 8 nitrogen and oxygen atoms in total. The van der Waals surface area contributed by atoms with Crippen molar-refractivity contribution in [3.05, 3.63) is 58.8 Å². The lowest BCUT2D eigenvalue weighted by atomic mass is 10.2. The molecule has 3 aromatic heterocycles. The summed E-state index contributed by atoms with van der Waals surface area (Å²) in [5.41, 5.74) is 4.16. The third-order valence-electron chi connectivity index (χ3n) is 4.65. The normalized spacial score (nSPS) is 11.2. The van der Waals surface area contributed by atoms with E-state index in [1.54, 1.807) is 0 Å². The van der Waals surface area contributed by atoms with Gasteiger partial charge in [-0.15, -0.1) is 15.3 Å². The van der Waals surface area contributed by atoms with Crippen LogP contribution in [0.2, 0.25) is 5.28 Å². The van der Waals surface area contributed by atoms with Crippen molar-refractivity contribution in [1.29, 1.82) is 0 Å². The topological polar surface area (TPSA) is 90.1 Å². The molecule has 0 bridgehead atoms. The minimum absolute atomic E-state index is 0.301. The van der Waals surface area contributed by atoms with Gasteiger partial charge in [0.05, 0.1) is 12.2 Å². The third-order valence-corrected chi connectivity index (χ3v) is 4.81. The van der Waals surface area contributed by atoms with Crippen LogP contribution in [-0.2, 0) is 13.0 Å². The highest BCUT2D eigenvalue weighted by Crippen LogP contribution is 2.24. The molecule has 9 heteroatoms. The Morgan fingerprint density at radius 3 is 2.64 bits per heavy atom. The predicted octanol–water partition coefficient (Wildman–Crippen LogP) is 3.60. The van der Waals surface area contributed by atoms with E-state index in [4.69, 9.17) is 11.6 Å². The lowest BCUT2D eigenvalue weighted by molar-refractivity contribution is 0.618. The first kappa shape index (κ1) is 18.4. The standard InChI is InChI=1S/C19H21ClN8/c1-3-4-5-17-21-19(20)24-27(17)12-14-7-9-15(10-8-14)28-13(2)6-11-16(28)18-22-25-26-23-18/h6-11H,3-5,12H2,1-2H3,(H,22,23,25,26). The van der Waals surface area contributed by atoms with Crippen LogP contribution in [-0.4, -0.2) is 40.0 Å². The number of aromatic amines is 1. The molecule has 0 aliphatic heterocycles.